The van der Waals surface area contributed by atoms with Gasteiger partial charge in [0.2, 0.25) is 5.95 Å². The van der Waals surface area contributed by atoms with Crippen LogP contribution in [0.1, 0.15) is 53.2 Å². The molecule has 0 N–H and O–H groups in total. The van der Waals surface area contributed by atoms with Crippen LogP contribution in [0, 0.1) is 0 Å². The van der Waals surface area contributed by atoms with E-state index in [4.69, 9.17) is 4.98 Å². The molecule has 0 bridgehead atoms. The SMILES string of the molecule is CCCc1cc(C(=O)N2CCC[C@@H]2c2nc(N(C)C)ncc2-c2ccncc2)cs1. The highest BCUT2D eigenvalue weighted by Crippen LogP contribution is 2.38. The van der Waals surface area contributed by atoms with Gasteiger partial charge in [0, 0.05) is 55.1 Å². The zero-order chi connectivity index (χ0) is 21.1. The number of hydrogen-bond acceptors (Lipinski definition) is 6. The number of amides is 1. The van der Waals surface area contributed by atoms with E-state index in [-0.39, 0.29) is 11.9 Å². The lowest BCUT2D eigenvalue weighted by Crippen LogP contribution is -2.31. The van der Waals surface area contributed by atoms with Gasteiger partial charge in [-0.3, -0.25) is 9.78 Å². The quantitative estimate of drug-likeness (QED) is 0.582. The van der Waals surface area contributed by atoms with E-state index < -0.39 is 0 Å². The Kier molecular flexibility index (Phi) is 6.08. The second-order valence-electron chi connectivity index (χ2n) is 7.81. The summed E-state index contributed by atoms with van der Waals surface area (Å²) in [5, 5.41) is 2.00. The normalized spacial score (nSPS) is 16.1. The highest BCUT2D eigenvalue weighted by atomic mass is 32.1. The van der Waals surface area contributed by atoms with E-state index in [1.165, 1.54) is 4.88 Å². The van der Waals surface area contributed by atoms with E-state index in [2.05, 4.69) is 23.0 Å². The molecule has 0 aromatic carbocycles. The molecule has 4 heterocycles. The average molecular weight is 422 g/mol. The molecular formula is C23H27N5OS. The number of aromatic nitrogens is 3. The second kappa shape index (κ2) is 8.92. The fourth-order valence-electron chi connectivity index (χ4n) is 3.94. The number of carbonyl (C=O) groups is 1. The Hall–Kier alpha value is -2.80. The van der Waals surface area contributed by atoms with E-state index in [1.54, 1.807) is 23.7 Å². The Bertz CT molecular complexity index is 1020. The van der Waals surface area contributed by atoms with Crippen molar-refractivity contribution in [2.75, 3.05) is 25.5 Å². The fraction of sp³-hybridized carbons (Fsp3) is 0.391. The molecule has 1 atom stereocenters. The number of carbonyl (C=O) groups excluding carboxylic acids is 1. The largest absolute Gasteiger partial charge is 0.347 e. The van der Waals surface area contributed by atoms with Crippen LogP contribution in [-0.4, -0.2) is 46.4 Å². The van der Waals surface area contributed by atoms with Gasteiger partial charge in [-0.15, -0.1) is 11.3 Å². The molecule has 1 aliphatic heterocycles. The summed E-state index contributed by atoms with van der Waals surface area (Å²) in [4.78, 5) is 32.1. The predicted octanol–water partition coefficient (Wildman–Crippen LogP) is 4.60. The number of anilines is 1. The molecule has 1 amide bonds. The van der Waals surface area contributed by atoms with Crippen molar-refractivity contribution in [3.05, 3.63) is 58.3 Å². The molecule has 1 aliphatic rings. The molecular weight excluding hydrogens is 394 g/mol. The monoisotopic (exact) mass is 421 g/mol. The van der Waals surface area contributed by atoms with Crippen molar-refractivity contribution in [2.45, 2.75) is 38.6 Å². The fourth-order valence-corrected chi connectivity index (χ4v) is 4.90. The van der Waals surface area contributed by atoms with Crippen molar-refractivity contribution in [2.24, 2.45) is 0 Å². The molecule has 0 radical (unpaired) electrons. The van der Waals surface area contributed by atoms with Crippen LogP contribution in [-0.2, 0) is 6.42 Å². The maximum atomic E-state index is 13.4. The molecule has 4 rings (SSSR count). The summed E-state index contributed by atoms with van der Waals surface area (Å²) >= 11 is 1.68. The van der Waals surface area contributed by atoms with E-state index in [9.17, 15) is 4.79 Å². The molecule has 30 heavy (non-hydrogen) atoms. The first-order valence-corrected chi connectivity index (χ1v) is 11.3. The van der Waals surface area contributed by atoms with Crippen LogP contribution in [0.4, 0.5) is 5.95 Å². The Balaban J connectivity index is 1.72. The summed E-state index contributed by atoms with van der Waals surface area (Å²) in [7, 11) is 3.87. The summed E-state index contributed by atoms with van der Waals surface area (Å²) in [6.45, 7) is 2.91. The number of rotatable bonds is 6. The minimum Gasteiger partial charge on any atom is -0.347 e. The van der Waals surface area contributed by atoms with Crippen molar-refractivity contribution in [1.82, 2.24) is 19.9 Å². The third kappa shape index (κ3) is 4.07. The third-order valence-electron chi connectivity index (χ3n) is 5.42. The number of aryl methyl sites for hydroxylation is 1. The minimum absolute atomic E-state index is 0.0584. The van der Waals surface area contributed by atoms with Crippen LogP contribution < -0.4 is 4.90 Å². The van der Waals surface area contributed by atoms with Gasteiger partial charge in [0.05, 0.1) is 17.3 Å². The minimum atomic E-state index is -0.0584. The molecule has 0 unspecified atom stereocenters. The van der Waals surface area contributed by atoms with Crippen molar-refractivity contribution in [1.29, 1.82) is 0 Å². The highest BCUT2D eigenvalue weighted by molar-refractivity contribution is 7.10. The first kappa shape index (κ1) is 20.5. The second-order valence-corrected chi connectivity index (χ2v) is 8.80. The first-order valence-electron chi connectivity index (χ1n) is 10.4. The summed E-state index contributed by atoms with van der Waals surface area (Å²) in [5.41, 5.74) is 3.69. The average Bonchev–Trinajstić information content (AvgIpc) is 3.43. The number of thiophene rings is 1. The molecule has 7 heteroatoms. The zero-order valence-corrected chi connectivity index (χ0v) is 18.5. The van der Waals surface area contributed by atoms with Gasteiger partial charge in [0.25, 0.3) is 5.91 Å². The van der Waals surface area contributed by atoms with Gasteiger partial charge in [-0.25, -0.2) is 9.97 Å². The lowest BCUT2D eigenvalue weighted by atomic mass is 10.0. The topological polar surface area (TPSA) is 62.2 Å². The van der Waals surface area contributed by atoms with Gasteiger partial charge in [-0.05, 0) is 43.0 Å². The summed E-state index contributed by atoms with van der Waals surface area (Å²) in [6.07, 6.45) is 9.40. The van der Waals surface area contributed by atoms with Gasteiger partial charge in [-0.1, -0.05) is 13.3 Å². The number of likely N-dealkylation sites (tertiary alicyclic amines) is 1. The Morgan fingerprint density at radius 1 is 1.30 bits per heavy atom. The standard InChI is InChI=1S/C23H27N5OS/c1-4-6-18-13-17(15-30-18)22(29)28-12-5-7-20(28)21-19(16-8-10-24-11-9-16)14-25-23(26-21)27(2)3/h8-11,13-15,20H,4-7,12H2,1-3H3/t20-/m1/s1. The van der Waals surface area contributed by atoms with E-state index in [0.717, 1.165) is 54.6 Å². The van der Waals surface area contributed by atoms with Crippen molar-refractivity contribution >= 4 is 23.2 Å². The van der Waals surface area contributed by atoms with Crippen molar-refractivity contribution in [3.8, 4) is 11.1 Å². The summed E-state index contributed by atoms with van der Waals surface area (Å²) < 4.78 is 0. The van der Waals surface area contributed by atoms with Crippen molar-refractivity contribution in [3.63, 3.8) is 0 Å². The summed E-state index contributed by atoms with van der Waals surface area (Å²) in [5.74, 6) is 0.754. The summed E-state index contributed by atoms with van der Waals surface area (Å²) in [6, 6.07) is 5.93. The Morgan fingerprint density at radius 3 is 2.83 bits per heavy atom. The molecule has 1 fully saturated rings. The van der Waals surface area contributed by atoms with Gasteiger partial charge < -0.3 is 9.80 Å². The van der Waals surface area contributed by atoms with Crippen LogP contribution >= 0.6 is 11.3 Å². The van der Waals surface area contributed by atoms with Gasteiger partial charge in [0.1, 0.15) is 0 Å². The van der Waals surface area contributed by atoms with Gasteiger partial charge in [-0.2, -0.15) is 0 Å². The molecule has 0 aliphatic carbocycles. The highest BCUT2D eigenvalue weighted by Gasteiger charge is 2.34. The van der Waals surface area contributed by atoms with Crippen LogP contribution in [0.3, 0.4) is 0 Å². The smallest absolute Gasteiger partial charge is 0.255 e. The lowest BCUT2D eigenvalue weighted by molar-refractivity contribution is 0.0734. The molecule has 3 aromatic heterocycles. The Labute approximate surface area is 181 Å². The maximum Gasteiger partial charge on any atom is 0.255 e. The van der Waals surface area contributed by atoms with Gasteiger partial charge >= 0.3 is 0 Å². The lowest BCUT2D eigenvalue weighted by Gasteiger charge is -2.26. The van der Waals surface area contributed by atoms with Crippen LogP contribution in [0.25, 0.3) is 11.1 Å². The van der Waals surface area contributed by atoms with E-state index in [0.29, 0.717) is 5.95 Å². The number of nitrogens with zero attached hydrogens (tertiary/aromatic N) is 5. The van der Waals surface area contributed by atoms with Gasteiger partial charge in [0.15, 0.2) is 0 Å². The molecule has 0 spiro atoms. The molecule has 0 saturated carbocycles. The molecule has 1 saturated heterocycles. The third-order valence-corrected chi connectivity index (χ3v) is 6.42. The Morgan fingerprint density at radius 2 is 2.10 bits per heavy atom. The van der Waals surface area contributed by atoms with E-state index >= 15 is 0 Å². The van der Waals surface area contributed by atoms with Crippen LogP contribution in [0.5, 0.6) is 0 Å². The first-order chi connectivity index (χ1) is 14.6. The maximum absolute atomic E-state index is 13.4. The zero-order valence-electron chi connectivity index (χ0n) is 17.7. The van der Waals surface area contributed by atoms with Crippen molar-refractivity contribution < 1.29 is 4.79 Å². The van der Waals surface area contributed by atoms with Crippen LogP contribution in [0.15, 0.2) is 42.2 Å². The molecule has 3 aromatic rings. The van der Waals surface area contributed by atoms with E-state index in [1.807, 2.05) is 47.6 Å². The number of hydrogen-bond donors (Lipinski definition) is 0. The predicted molar refractivity (Wildman–Crippen MR) is 121 cm³/mol. The molecule has 6 nitrogen and oxygen atoms in total. The molecule has 156 valence electrons. The number of pyridine rings is 1. The van der Waals surface area contributed by atoms with Crippen LogP contribution in [0.2, 0.25) is 0 Å².